The summed E-state index contributed by atoms with van der Waals surface area (Å²) in [5.74, 6) is -2.10. The maximum Gasteiger partial charge on any atom is 0.414 e. The van der Waals surface area contributed by atoms with Crippen molar-refractivity contribution >= 4 is 36.1 Å². The number of likely N-dealkylation sites (tertiary alicyclic amines) is 2. The molecule has 2 atom stereocenters. The van der Waals surface area contributed by atoms with Gasteiger partial charge in [0, 0.05) is 19.6 Å². The van der Waals surface area contributed by atoms with Crippen molar-refractivity contribution in [1.82, 2.24) is 20.4 Å². The highest BCUT2D eigenvalue weighted by atomic mass is 16.6. The van der Waals surface area contributed by atoms with Crippen LogP contribution in [0.15, 0.2) is 96.0 Å². The van der Waals surface area contributed by atoms with Crippen molar-refractivity contribution in [2.75, 3.05) is 19.6 Å². The number of urea groups is 1. The molecule has 2 heterocycles. The van der Waals surface area contributed by atoms with Crippen LogP contribution in [-0.4, -0.2) is 71.5 Å². The first-order chi connectivity index (χ1) is 24.4. The van der Waals surface area contributed by atoms with Crippen molar-refractivity contribution in [2.45, 2.75) is 58.0 Å². The standard InChI is InChI=1S/C37H41N5O8/c43-32-30(31(33(44)48-24-27-14-5-1-6-15-27)42(32)37(47)41-22-11-4-12-23-41)20-13-21-38-34(39-35(45)49-25-28-16-7-2-8-17-28)40-36(46)50-26-29-18-9-3-10-19-29/h1-3,5-10,14-19,30-31H,4,11-13,20-26H2,(H2,38,39,40,45,46). The molecule has 0 aliphatic carbocycles. The number of imide groups is 1. The molecule has 2 aliphatic heterocycles. The third-order valence-corrected chi connectivity index (χ3v) is 8.32. The van der Waals surface area contributed by atoms with Crippen molar-refractivity contribution in [3.8, 4) is 0 Å². The van der Waals surface area contributed by atoms with Crippen molar-refractivity contribution in [3.05, 3.63) is 108 Å². The number of nitrogens with one attached hydrogen (secondary N) is 2. The molecule has 2 unspecified atom stereocenters. The average Bonchev–Trinajstić information content (AvgIpc) is 3.15. The second-order valence-electron chi connectivity index (χ2n) is 11.9. The number of carbonyl (C=O) groups is 5. The molecule has 2 aliphatic rings. The monoisotopic (exact) mass is 683 g/mol. The first-order valence-electron chi connectivity index (χ1n) is 16.7. The van der Waals surface area contributed by atoms with Gasteiger partial charge in [-0.1, -0.05) is 91.0 Å². The number of amides is 5. The maximum atomic E-state index is 13.3. The molecule has 3 aromatic carbocycles. The van der Waals surface area contributed by atoms with E-state index in [1.807, 2.05) is 66.7 Å². The molecule has 13 nitrogen and oxygen atoms in total. The van der Waals surface area contributed by atoms with Crippen LogP contribution in [0.4, 0.5) is 14.4 Å². The zero-order valence-corrected chi connectivity index (χ0v) is 27.7. The quantitative estimate of drug-likeness (QED) is 0.0702. The number of esters is 1. The lowest BCUT2D eigenvalue weighted by Crippen LogP contribution is -2.69. The number of rotatable bonds is 11. The van der Waals surface area contributed by atoms with Crippen LogP contribution in [0.2, 0.25) is 0 Å². The molecule has 50 heavy (non-hydrogen) atoms. The van der Waals surface area contributed by atoms with Gasteiger partial charge in [-0.25, -0.2) is 24.1 Å². The molecule has 2 fully saturated rings. The Labute approximate surface area is 290 Å². The van der Waals surface area contributed by atoms with Crippen LogP contribution in [0.1, 0.15) is 48.8 Å². The third-order valence-electron chi connectivity index (χ3n) is 8.32. The fourth-order valence-electron chi connectivity index (χ4n) is 5.69. The fourth-order valence-corrected chi connectivity index (χ4v) is 5.69. The summed E-state index contributed by atoms with van der Waals surface area (Å²) in [6, 6.07) is 25.8. The van der Waals surface area contributed by atoms with Gasteiger partial charge in [0.1, 0.15) is 19.8 Å². The smallest absolute Gasteiger partial charge is 0.414 e. The Morgan fingerprint density at radius 2 is 1.16 bits per heavy atom. The summed E-state index contributed by atoms with van der Waals surface area (Å²) in [6.07, 6.45) is 1.48. The molecule has 0 bridgehead atoms. The van der Waals surface area contributed by atoms with E-state index in [0.29, 0.717) is 13.1 Å². The average molecular weight is 684 g/mol. The van der Waals surface area contributed by atoms with Gasteiger partial charge >= 0.3 is 24.2 Å². The zero-order valence-electron chi connectivity index (χ0n) is 27.7. The zero-order chi connectivity index (χ0) is 35.1. The van der Waals surface area contributed by atoms with Gasteiger partial charge in [-0.2, -0.15) is 0 Å². The lowest BCUT2D eigenvalue weighted by molar-refractivity contribution is -0.171. The lowest BCUT2D eigenvalue weighted by Gasteiger charge is -2.46. The van der Waals surface area contributed by atoms with Crippen LogP contribution in [-0.2, 0) is 43.6 Å². The summed E-state index contributed by atoms with van der Waals surface area (Å²) in [5, 5.41) is 4.87. The summed E-state index contributed by atoms with van der Waals surface area (Å²) in [4.78, 5) is 72.1. The predicted molar refractivity (Wildman–Crippen MR) is 182 cm³/mol. The number of benzene rings is 3. The van der Waals surface area contributed by atoms with Crippen molar-refractivity contribution in [1.29, 1.82) is 0 Å². The van der Waals surface area contributed by atoms with Crippen molar-refractivity contribution in [2.24, 2.45) is 10.9 Å². The van der Waals surface area contributed by atoms with Crippen LogP contribution in [0.5, 0.6) is 0 Å². The van der Waals surface area contributed by atoms with Gasteiger partial charge in [-0.3, -0.25) is 20.4 Å². The summed E-state index contributed by atoms with van der Waals surface area (Å²) < 4.78 is 16.1. The van der Waals surface area contributed by atoms with Gasteiger partial charge in [-0.05, 0) is 48.8 Å². The first-order valence-corrected chi connectivity index (χ1v) is 16.7. The van der Waals surface area contributed by atoms with E-state index < -0.39 is 42.1 Å². The second kappa shape index (κ2) is 18.2. The highest BCUT2D eigenvalue weighted by Crippen LogP contribution is 2.33. The van der Waals surface area contributed by atoms with E-state index in [0.717, 1.165) is 40.9 Å². The van der Waals surface area contributed by atoms with Gasteiger partial charge in [0.2, 0.25) is 11.9 Å². The Hall–Kier alpha value is -5.72. The summed E-state index contributed by atoms with van der Waals surface area (Å²) in [7, 11) is 0. The molecule has 2 N–H and O–H groups in total. The molecule has 5 amide bonds. The van der Waals surface area contributed by atoms with Crippen molar-refractivity contribution < 1.29 is 38.2 Å². The maximum absolute atomic E-state index is 13.3. The van der Waals surface area contributed by atoms with Gasteiger partial charge in [0.05, 0.1) is 5.92 Å². The third kappa shape index (κ3) is 10.1. The lowest BCUT2D eigenvalue weighted by atomic mass is 9.83. The minimum absolute atomic E-state index is 0.00337. The highest BCUT2D eigenvalue weighted by molar-refractivity contribution is 6.08. The molecular weight excluding hydrogens is 642 g/mol. The summed E-state index contributed by atoms with van der Waals surface area (Å²) >= 11 is 0. The second-order valence-corrected chi connectivity index (χ2v) is 11.9. The molecule has 5 rings (SSSR count). The number of β-lactam (4-membered cyclic amide) rings is 1. The van der Waals surface area contributed by atoms with E-state index in [-0.39, 0.29) is 45.2 Å². The van der Waals surface area contributed by atoms with Crippen molar-refractivity contribution in [3.63, 3.8) is 0 Å². The number of nitrogens with zero attached hydrogens (tertiary/aromatic N) is 3. The molecule has 262 valence electrons. The van der Waals surface area contributed by atoms with E-state index >= 15 is 0 Å². The molecule has 3 aromatic rings. The predicted octanol–water partition coefficient (Wildman–Crippen LogP) is 5.15. The SMILES string of the molecule is O=C(NC(=NCCCC1C(=O)N(C(=O)N2CCCCC2)C1C(=O)OCc1ccccc1)NC(=O)OCc1ccccc1)OCc1ccccc1. The highest BCUT2D eigenvalue weighted by Gasteiger charge is 2.55. The Kier molecular flexibility index (Phi) is 12.9. The number of hydrogen-bond acceptors (Lipinski definition) is 9. The largest absolute Gasteiger partial charge is 0.459 e. The molecule has 13 heteroatoms. The minimum Gasteiger partial charge on any atom is -0.459 e. The molecule has 0 aromatic heterocycles. The topological polar surface area (TPSA) is 156 Å². The van der Waals surface area contributed by atoms with Crippen LogP contribution in [0.3, 0.4) is 0 Å². The van der Waals surface area contributed by atoms with Crippen LogP contribution in [0, 0.1) is 5.92 Å². The van der Waals surface area contributed by atoms with E-state index in [1.165, 1.54) is 0 Å². The summed E-state index contributed by atoms with van der Waals surface area (Å²) in [5.41, 5.74) is 2.32. The van der Waals surface area contributed by atoms with E-state index in [4.69, 9.17) is 14.2 Å². The molecule has 2 saturated heterocycles. The van der Waals surface area contributed by atoms with Gasteiger partial charge in [0.25, 0.3) is 0 Å². The minimum atomic E-state index is -1.07. The Balaban J connectivity index is 1.21. The normalized spacial score (nSPS) is 16.8. The fraction of sp³-hybridized carbons (Fsp3) is 0.351. The van der Waals surface area contributed by atoms with Gasteiger partial charge in [-0.15, -0.1) is 0 Å². The van der Waals surface area contributed by atoms with Crippen LogP contribution < -0.4 is 10.6 Å². The Bertz CT molecular complexity index is 1570. The first kappa shape index (κ1) is 35.6. The van der Waals surface area contributed by atoms with Crippen LogP contribution >= 0.6 is 0 Å². The molecule has 0 spiro atoms. The number of hydrogen-bond donors (Lipinski definition) is 2. The van der Waals surface area contributed by atoms with E-state index in [1.54, 1.807) is 29.2 Å². The Morgan fingerprint density at radius 1 is 0.680 bits per heavy atom. The van der Waals surface area contributed by atoms with E-state index in [2.05, 4.69) is 15.6 Å². The Morgan fingerprint density at radius 3 is 1.66 bits per heavy atom. The number of ether oxygens (including phenoxy) is 3. The van der Waals surface area contributed by atoms with Gasteiger partial charge in [0.15, 0.2) is 6.04 Å². The van der Waals surface area contributed by atoms with E-state index in [9.17, 15) is 24.0 Å². The number of piperidine rings is 1. The van der Waals surface area contributed by atoms with Crippen LogP contribution in [0.25, 0.3) is 0 Å². The number of alkyl carbamates (subject to hydrolysis) is 2. The number of carbonyl (C=O) groups excluding carboxylic acids is 5. The number of guanidine groups is 1. The molecule has 0 radical (unpaired) electrons. The summed E-state index contributed by atoms with van der Waals surface area (Å²) in [6.45, 7) is 1.11. The van der Waals surface area contributed by atoms with Gasteiger partial charge < -0.3 is 19.1 Å². The molecular formula is C37H41N5O8. The number of aliphatic imine (C=N–C) groups is 1. The molecule has 0 saturated carbocycles.